The first-order valence-electron chi connectivity index (χ1n) is 8.11. The molecule has 3 rings (SSSR count). The highest BCUT2D eigenvalue weighted by molar-refractivity contribution is 5.91. The maximum absolute atomic E-state index is 13.6. The van der Waals surface area contributed by atoms with Gasteiger partial charge in [-0.15, -0.1) is 0 Å². The number of pyridine rings is 1. The van der Waals surface area contributed by atoms with Crippen molar-refractivity contribution in [2.45, 2.75) is 26.8 Å². The number of rotatable bonds is 4. The lowest BCUT2D eigenvalue weighted by Gasteiger charge is -2.14. The zero-order valence-electron chi connectivity index (χ0n) is 14.2. The molecule has 0 atom stereocenters. The minimum atomic E-state index is -0.482. The monoisotopic (exact) mass is 338 g/mol. The number of hydrogen-bond donors (Lipinski definition) is 1. The van der Waals surface area contributed by atoms with Crippen molar-refractivity contribution in [2.24, 2.45) is 0 Å². The van der Waals surface area contributed by atoms with Gasteiger partial charge in [-0.3, -0.25) is 9.59 Å². The third-order valence-electron chi connectivity index (χ3n) is 4.25. The zero-order chi connectivity index (χ0) is 18.0. The number of nitrogens with zero attached hydrogens (tertiary/aromatic N) is 1. The number of fused-ring (bicyclic) bond motifs is 1. The third-order valence-corrected chi connectivity index (χ3v) is 4.25. The summed E-state index contributed by atoms with van der Waals surface area (Å²) in [4.78, 5) is 24.5. The Morgan fingerprint density at radius 2 is 1.84 bits per heavy atom. The van der Waals surface area contributed by atoms with E-state index in [9.17, 15) is 14.0 Å². The molecule has 1 heterocycles. The average Bonchev–Trinajstić information content (AvgIpc) is 2.57. The first-order chi connectivity index (χ1) is 12.0. The summed E-state index contributed by atoms with van der Waals surface area (Å²) < 4.78 is 15.2. The number of aryl methyl sites for hydroxylation is 3. The molecule has 2 aromatic carbocycles. The Labute approximate surface area is 144 Å². The minimum absolute atomic E-state index is 0.0841. The lowest BCUT2D eigenvalue weighted by atomic mass is 10.1. The van der Waals surface area contributed by atoms with Crippen molar-refractivity contribution in [3.05, 3.63) is 75.8 Å². The van der Waals surface area contributed by atoms with Gasteiger partial charge in [0.05, 0.1) is 11.2 Å². The van der Waals surface area contributed by atoms with E-state index in [0.717, 1.165) is 22.0 Å². The van der Waals surface area contributed by atoms with Gasteiger partial charge in [0.15, 0.2) is 0 Å². The van der Waals surface area contributed by atoms with Gasteiger partial charge in [-0.2, -0.15) is 0 Å². The van der Waals surface area contributed by atoms with Crippen molar-refractivity contribution in [3.8, 4) is 0 Å². The van der Waals surface area contributed by atoms with Crippen LogP contribution in [0.2, 0.25) is 0 Å². The quantitative estimate of drug-likeness (QED) is 0.787. The summed E-state index contributed by atoms with van der Waals surface area (Å²) in [7, 11) is 0. The summed E-state index contributed by atoms with van der Waals surface area (Å²) in [6, 6.07) is 13.4. The number of nitrogens with one attached hydrogen (secondary N) is 1. The molecule has 0 fully saturated rings. The van der Waals surface area contributed by atoms with Crippen LogP contribution in [0.1, 0.15) is 17.5 Å². The van der Waals surface area contributed by atoms with Crippen molar-refractivity contribution in [1.82, 2.24) is 4.57 Å². The molecule has 0 bridgehead atoms. The van der Waals surface area contributed by atoms with E-state index < -0.39 is 5.82 Å². The molecule has 25 heavy (non-hydrogen) atoms. The van der Waals surface area contributed by atoms with E-state index in [1.807, 2.05) is 32.0 Å². The van der Waals surface area contributed by atoms with Crippen LogP contribution in [-0.4, -0.2) is 10.5 Å². The first kappa shape index (κ1) is 16.9. The van der Waals surface area contributed by atoms with Crippen LogP contribution >= 0.6 is 0 Å². The van der Waals surface area contributed by atoms with Gasteiger partial charge in [0, 0.05) is 24.4 Å². The summed E-state index contributed by atoms with van der Waals surface area (Å²) in [5.74, 6) is -0.816. The normalized spacial score (nSPS) is 10.8. The highest BCUT2D eigenvalue weighted by Gasteiger charge is 2.11. The van der Waals surface area contributed by atoms with Crippen LogP contribution < -0.4 is 10.9 Å². The van der Waals surface area contributed by atoms with E-state index in [1.165, 1.54) is 12.1 Å². The van der Waals surface area contributed by atoms with E-state index in [-0.39, 0.29) is 30.1 Å². The fourth-order valence-electron chi connectivity index (χ4n) is 3.00. The van der Waals surface area contributed by atoms with Gasteiger partial charge < -0.3 is 9.88 Å². The number of carbonyl (C=O) groups is 1. The van der Waals surface area contributed by atoms with Crippen molar-refractivity contribution in [2.75, 3.05) is 5.32 Å². The van der Waals surface area contributed by atoms with Gasteiger partial charge in [-0.05, 0) is 37.1 Å². The molecule has 0 aliphatic rings. The standard InChI is InChI=1S/C20H19FN2O2/c1-13-6-5-7-15-14(2)12-19(25)23(20(13)15)11-10-18(24)22-17-9-4-3-8-16(17)21/h3-9,12H,10-11H2,1-2H3,(H,22,24). The number of para-hydroxylation sites is 2. The molecular weight excluding hydrogens is 319 g/mol. The number of aromatic nitrogens is 1. The summed E-state index contributed by atoms with van der Waals surface area (Å²) in [6.07, 6.45) is 0.0841. The Morgan fingerprint density at radius 3 is 2.60 bits per heavy atom. The van der Waals surface area contributed by atoms with Crippen molar-refractivity contribution in [1.29, 1.82) is 0 Å². The summed E-state index contributed by atoms with van der Waals surface area (Å²) in [5, 5.41) is 3.54. The Bertz CT molecular complexity index is 1010. The first-order valence-corrected chi connectivity index (χ1v) is 8.11. The number of anilines is 1. The second-order valence-corrected chi connectivity index (χ2v) is 6.07. The largest absolute Gasteiger partial charge is 0.324 e. The fraction of sp³-hybridized carbons (Fsp3) is 0.200. The Morgan fingerprint density at radius 1 is 1.08 bits per heavy atom. The van der Waals surface area contributed by atoms with Crippen LogP contribution in [0.5, 0.6) is 0 Å². The van der Waals surface area contributed by atoms with E-state index >= 15 is 0 Å². The third kappa shape index (κ3) is 3.45. The van der Waals surface area contributed by atoms with Gasteiger partial charge in [0.1, 0.15) is 5.82 Å². The topological polar surface area (TPSA) is 51.1 Å². The predicted octanol–water partition coefficient (Wildman–Crippen LogP) is 3.79. The van der Waals surface area contributed by atoms with Crippen LogP contribution in [0.15, 0.2) is 53.3 Å². The molecule has 4 nitrogen and oxygen atoms in total. The zero-order valence-corrected chi connectivity index (χ0v) is 14.2. The number of amides is 1. The van der Waals surface area contributed by atoms with Gasteiger partial charge >= 0.3 is 0 Å². The van der Waals surface area contributed by atoms with E-state index in [1.54, 1.807) is 22.8 Å². The molecule has 0 unspecified atom stereocenters. The Kier molecular flexibility index (Phi) is 4.65. The Hall–Kier alpha value is -2.95. The molecular formula is C20H19FN2O2. The van der Waals surface area contributed by atoms with Crippen LogP contribution in [0.3, 0.4) is 0 Å². The van der Waals surface area contributed by atoms with Crippen LogP contribution in [0, 0.1) is 19.7 Å². The highest BCUT2D eigenvalue weighted by atomic mass is 19.1. The molecule has 5 heteroatoms. The number of benzene rings is 2. The van der Waals surface area contributed by atoms with Gasteiger partial charge in [0.25, 0.3) is 5.56 Å². The van der Waals surface area contributed by atoms with E-state index in [0.29, 0.717) is 0 Å². The molecule has 0 saturated carbocycles. The maximum atomic E-state index is 13.6. The molecule has 0 aliphatic carbocycles. The van der Waals surface area contributed by atoms with Crippen LogP contribution in [0.4, 0.5) is 10.1 Å². The second-order valence-electron chi connectivity index (χ2n) is 6.07. The smallest absolute Gasteiger partial charge is 0.251 e. The summed E-state index contributed by atoms with van der Waals surface area (Å²) in [5.41, 5.74) is 2.73. The van der Waals surface area contributed by atoms with Crippen molar-refractivity contribution >= 4 is 22.5 Å². The molecule has 3 aromatic rings. The molecule has 128 valence electrons. The number of hydrogen-bond acceptors (Lipinski definition) is 2. The number of halogens is 1. The lowest BCUT2D eigenvalue weighted by molar-refractivity contribution is -0.116. The molecule has 1 amide bonds. The predicted molar refractivity (Wildman–Crippen MR) is 97.3 cm³/mol. The summed E-state index contributed by atoms with van der Waals surface area (Å²) in [6.45, 7) is 4.08. The number of carbonyl (C=O) groups excluding carboxylic acids is 1. The molecule has 0 radical (unpaired) electrons. The van der Waals surface area contributed by atoms with Crippen molar-refractivity contribution in [3.63, 3.8) is 0 Å². The fourth-order valence-corrected chi connectivity index (χ4v) is 3.00. The van der Waals surface area contributed by atoms with E-state index in [4.69, 9.17) is 0 Å². The minimum Gasteiger partial charge on any atom is -0.324 e. The van der Waals surface area contributed by atoms with Gasteiger partial charge in [-0.25, -0.2) is 4.39 Å². The molecule has 0 saturated heterocycles. The second kappa shape index (κ2) is 6.89. The lowest BCUT2D eigenvalue weighted by Crippen LogP contribution is -2.24. The highest BCUT2D eigenvalue weighted by Crippen LogP contribution is 2.20. The van der Waals surface area contributed by atoms with Crippen molar-refractivity contribution < 1.29 is 9.18 Å². The molecule has 1 N–H and O–H groups in total. The molecule has 0 aliphatic heterocycles. The molecule has 0 spiro atoms. The van der Waals surface area contributed by atoms with Gasteiger partial charge in [0.2, 0.25) is 5.91 Å². The van der Waals surface area contributed by atoms with E-state index in [2.05, 4.69) is 5.32 Å². The average molecular weight is 338 g/mol. The Balaban J connectivity index is 1.85. The van der Waals surface area contributed by atoms with Crippen LogP contribution in [0.25, 0.3) is 10.9 Å². The molecule has 1 aromatic heterocycles. The SMILES string of the molecule is Cc1cc(=O)n(CCC(=O)Nc2ccccc2F)c2c(C)cccc12. The maximum Gasteiger partial charge on any atom is 0.251 e. The summed E-state index contributed by atoms with van der Waals surface area (Å²) >= 11 is 0. The van der Waals surface area contributed by atoms with Crippen LogP contribution in [-0.2, 0) is 11.3 Å². The van der Waals surface area contributed by atoms with Gasteiger partial charge in [-0.1, -0.05) is 30.3 Å².